The quantitative estimate of drug-likeness (QED) is 0.739. The molecule has 0 radical (unpaired) electrons. The maximum absolute atomic E-state index is 11.3. The van der Waals surface area contributed by atoms with Crippen molar-refractivity contribution >= 4 is 11.9 Å². The third-order valence-corrected chi connectivity index (χ3v) is 3.05. The topological polar surface area (TPSA) is 104 Å². The molecule has 0 aliphatic rings. The van der Waals surface area contributed by atoms with Crippen molar-refractivity contribution in [1.82, 2.24) is 0 Å². The summed E-state index contributed by atoms with van der Waals surface area (Å²) >= 11 is 0. The van der Waals surface area contributed by atoms with Crippen LogP contribution in [0.1, 0.15) is 40.1 Å². The molecule has 0 bridgehead atoms. The van der Waals surface area contributed by atoms with Gasteiger partial charge < -0.3 is 20.1 Å². The van der Waals surface area contributed by atoms with Crippen LogP contribution in [0.25, 0.3) is 0 Å². The Labute approximate surface area is 144 Å². The molecule has 0 unspecified atom stereocenters. The smallest absolute Gasteiger partial charge is 0.339 e. The van der Waals surface area contributed by atoms with Crippen LogP contribution >= 0.6 is 0 Å². The van der Waals surface area contributed by atoms with E-state index in [0.717, 1.165) is 6.07 Å². The van der Waals surface area contributed by atoms with Gasteiger partial charge in [0.1, 0.15) is 22.7 Å². The van der Waals surface area contributed by atoms with E-state index in [1.807, 2.05) is 0 Å². The third kappa shape index (κ3) is 5.09. The lowest BCUT2D eigenvalue weighted by atomic mass is 10.1. The SMILES string of the molecule is CC(C)(O)C#Cc1ccc(Oc2cc(C(=O)O)ccc2C(=O)O)cc1. The predicted molar refractivity (Wildman–Crippen MR) is 90.1 cm³/mol. The largest absolute Gasteiger partial charge is 0.478 e. The highest BCUT2D eigenvalue weighted by molar-refractivity contribution is 5.94. The molecule has 0 saturated heterocycles. The number of aromatic carboxylic acids is 2. The first kappa shape index (κ1) is 18.0. The molecule has 2 rings (SSSR count). The molecule has 6 nitrogen and oxygen atoms in total. The number of hydrogen-bond acceptors (Lipinski definition) is 4. The molecule has 6 heteroatoms. The number of rotatable bonds is 4. The minimum atomic E-state index is -1.22. The van der Waals surface area contributed by atoms with Crippen LogP contribution < -0.4 is 4.74 Å². The molecule has 0 heterocycles. The van der Waals surface area contributed by atoms with Gasteiger partial charge in [0.15, 0.2) is 0 Å². The monoisotopic (exact) mass is 340 g/mol. The van der Waals surface area contributed by atoms with E-state index in [0.29, 0.717) is 11.3 Å². The van der Waals surface area contributed by atoms with Gasteiger partial charge in [-0.15, -0.1) is 0 Å². The van der Waals surface area contributed by atoms with Gasteiger partial charge in [0.2, 0.25) is 0 Å². The Kier molecular flexibility index (Phi) is 5.11. The van der Waals surface area contributed by atoms with E-state index >= 15 is 0 Å². The molecule has 0 amide bonds. The average Bonchev–Trinajstić information content (AvgIpc) is 2.53. The van der Waals surface area contributed by atoms with Crippen LogP contribution in [0.3, 0.4) is 0 Å². The van der Waals surface area contributed by atoms with Crippen LogP contribution in [0.4, 0.5) is 0 Å². The standard InChI is InChI=1S/C19H16O6/c1-19(2,24)10-9-12-3-6-14(7-4-12)25-16-11-13(17(20)21)5-8-15(16)18(22)23/h3-8,11,24H,1-2H3,(H,20,21)(H,22,23). The molecule has 25 heavy (non-hydrogen) atoms. The zero-order chi connectivity index (χ0) is 18.6. The van der Waals surface area contributed by atoms with Crippen molar-refractivity contribution in [2.24, 2.45) is 0 Å². The maximum atomic E-state index is 11.3. The summed E-state index contributed by atoms with van der Waals surface area (Å²) in [6, 6.07) is 10.00. The highest BCUT2D eigenvalue weighted by Crippen LogP contribution is 2.27. The third-order valence-electron chi connectivity index (χ3n) is 3.05. The number of carboxylic acid groups (broad SMARTS) is 2. The van der Waals surface area contributed by atoms with Crippen LogP contribution in [0.2, 0.25) is 0 Å². The molecule has 128 valence electrons. The van der Waals surface area contributed by atoms with Gasteiger partial charge in [0.05, 0.1) is 5.56 Å². The Hall–Kier alpha value is -3.30. The molecule has 2 aromatic carbocycles. The molecule has 0 aliphatic carbocycles. The Balaban J connectivity index is 2.29. The van der Waals surface area contributed by atoms with Gasteiger partial charge in [-0.3, -0.25) is 0 Å². The van der Waals surface area contributed by atoms with Crippen LogP contribution in [0, 0.1) is 11.8 Å². The molecule has 2 aromatic rings. The van der Waals surface area contributed by atoms with E-state index in [2.05, 4.69) is 11.8 Å². The summed E-state index contributed by atoms with van der Waals surface area (Å²) in [6.45, 7) is 3.14. The summed E-state index contributed by atoms with van der Waals surface area (Å²) in [5, 5.41) is 27.8. The molecular weight excluding hydrogens is 324 g/mol. The Bertz CT molecular complexity index is 864. The zero-order valence-electron chi connectivity index (χ0n) is 13.6. The van der Waals surface area contributed by atoms with Crippen LogP contribution in [0.5, 0.6) is 11.5 Å². The summed E-state index contributed by atoms with van der Waals surface area (Å²) in [5.74, 6) is 3.34. The molecule has 3 N–H and O–H groups in total. The lowest BCUT2D eigenvalue weighted by molar-refractivity contribution is 0.0678. The van der Waals surface area contributed by atoms with Gasteiger partial charge in [0, 0.05) is 5.56 Å². The minimum absolute atomic E-state index is 0.0669. The van der Waals surface area contributed by atoms with E-state index in [4.69, 9.17) is 9.84 Å². The van der Waals surface area contributed by atoms with Gasteiger partial charge in [-0.25, -0.2) is 9.59 Å². The number of aliphatic hydroxyl groups is 1. The summed E-state index contributed by atoms with van der Waals surface area (Å²) < 4.78 is 5.52. The Morgan fingerprint density at radius 2 is 1.64 bits per heavy atom. The molecule has 0 atom stereocenters. The highest BCUT2D eigenvalue weighted by Gasteiger charge is 2.15. The maximum Gasteiger partial charge on any atom is 0.339 e. The van der Waals surface area contributed by atoms with E-state index in [9.17, 15) is 19.8 Å². The fraction of sp³-hybridized carbons (Fsp3) is 0.158. The van der Waals surface area contributed by atoms with E-state index < -0.39 is 17.5 Å². The van der Waals surface area contributed by atoms with Crippen molar-refractivity contribution in [2.45, 2.75) is 19.4 Å². The summed E-state index contributed by atoms with van der Waals surface area (Å²) in [7, 11) is 0. The van der Waals surface area contributed by atoms with Gasteiger partial charge in [-0.1, -0.05) is 11.8 Å². The van der Waals surface area contributed by atoms with Gasteiger partial charge >= 0.3 is 11.9 Å². The van der Waals surface area contributed by atoms with E-state index in [1.54, 1.807) is 38.1 Å². The second-order valence-electron chi connectivity index (χ2n) is 5.76. The fourth-order valence-electron chi connectivity index (χ4n) is 1.87. The lowest BCUT2D eigenvalue weighted by Gasteiger charge is -2.10. The molecule has 0 fully saturated rings. The molecular formula is C19H16O6. The first-order valence-corrected chi connectivity index (χ1v) is 7.30. The van der Waals surface area contributed by atoms with Gasteiger partial charge in [-0.05, 0) is 56.3 Å². The molecule has 0 aromatic heterocycles. The number of carboxylic acids is 2. The summed E-state index contributed by atoms with van der Waals surface area (Å²) in [4.78, 5) is 22.3. The number of carbonyl (C=O) groups is 2. The zero-order valence-corrected chi connectivity index (χ0v) is 13.6. The van der Waals surface area contributed by atoms with Crippen LogP contribution in [-0.4, -0.2) is 32.9 Å². The minimum Gasteiger partial charge on any atom is -0.478 e. The fourth-order valence-corrected chi connectivity index (χ4v) is 1.87. The predicted octanol–water partition coefficient (Wildman–Crippen LogP) is 3.00. The Morgan fingerprint density at radius 1 is 1.00 bits per heavy atom. The normalized spacial score (nSPS) is 10.5. The van der Waals surface area contributed by atoms with Crippen molar-refractivity contribution in [3.8, 4) is 23.3 Å². The summed E-state index contributed by atoms with van der Waals surface area (Å²) in [5.41, 5.74) is -0.682. The first-order chi connectivity index (χ1) is 11.7. The van der Waals surface area contributed by atoms with Crippen LogP contribution in [0.15, 0.2) is 42.5 Å². The molecule has 0 aliphatic heterocycles. The van der Waals surface area contributed by atoms with Crippen LogP contribution in [-0.2, 0) is 0 Å². The van der Waals surface area contributed by atoms with E-state index in [1.165, 1.54) is 12.1 Å². The van der Waals surface area contributed by atoms with Crippen molar-refractivity contribution in [2.75, 3.05) is 0 Å². The first-order valence-electron chi connectivity index (χ1n) is 7.30. The van der Waals surface area contributed by atoms with Crippen molar-refractivity contribution in [3.63, 3.8) is 0 Å². The van der Waals surface area contributed by atoms with Crippen molar-refractivity contribution in [1.29, 1.82) is 0 Å². The lowest BCUT2D eigenvalue weighted by Crippen LogP contribution is -2.14. The second kappa shape index (κ2) is 7.07. The number of benzene rings is 2. The van der Waals surface area contributed by atoms with Gasteiger partial charge in [0.25, 0.3) is 0 Å². The Morgan fingerprint density at radius 3 is 2.16 bits per heavy atom. The van der Waals surface area contributed by atoms with E-state index in [-0.39, 0.29) is 16.9 Å². The average molecular weight is 340 g/mol. The number of ether oxygens (including phenoxy) is 1. The molecule has 0 saturated carbocycles. The van der Waals surface area contributed by atoms with Gasteiger partial charge in [-0.2, -0.15) is 0 Å². The second-order valence-corrected chi connectivity index (χ2v) is 5.76. The van der Waals surface area contributed by atoms with Crippen molar-refractivity contribution < 1.29 is 29.6 Å². The number of hydrogen-bond donors (Lipinski definition) is 3. The summed E-state index contributed by atoms with van der Waals surface area (Å²) in [6.07, 6.45) is 0. The molecule has 0 spiro atoms. The van der Waals surface area contributed by atoms with Crippen molar-refractivity contribution in [3.05, 3.63) is 59.2 Å². The highest BCUT2D eigenvalue weighted by atomic mass is 16.5.